The van der Waals surface area contributed by atoms with E-state index in [-0.39, 0.29) is 12.6 Å². The average Bonchev–Trinajstić information content (AvgIpc) is 2.56. The van der Waals surface area contributed by atoms with Crippen LogP contribution in [0.3, 0.4) is 0 Å². The van der Waals surface area contributed by atoms with E-state index in [4.69, 9.17) is 0 Å². The third-order valence-electron chi connectivity index (χ3n) is 3.73. The van der Waals surface area contributed by atoms with Crippen molar-refractivity contribution in [3.05, 3.63) is 34.9 Å². The lowest BCUT2D eigenvalue weighted by Crippen LogP contribution is -2.47. The first-order chi connectivity index (χ1) is 11.0. The van der Waals surface area contributed by atoms with Gasteiger partial charge in [-0.15, -0.1) is 0 Å². The normalized spacial score (nSPS) is 19.1. The lowest BCUT2D eigenvalue weighted by Gasteiger charge is -2.34. The number of hydrogen-bond acceptors (Lipinski definition) is 2. The quantitative estimate of drug-likeness (QED) is 0.393. The molecule has 1 fully saturated rings. The summed E-state index contributed by atoms with van der Waals surface area (Å²) in [5.41, 5.74) is -0.665. The van der Waals surface area contributed by atoms with Crippen LogP contribution in [0.2, 0.25) is 0 Å². The summed E-state index contributed by atoms with van der Waals surface area (Å²) < 4.78 is 53.8. The molecule has 1 saturated heterocycles. The molecule has 1 unspecified atom stereocenters. The Balaban J connectivity index is 2.10. The number of aliphatic imine (C=N–C) groups is 1. The molecule has 1 atom stereocenters. The van der Waals surface area contributed by atoms with E-state index in [2.05, 4.69) is 17.2 Å². The minimum Gasteiger partial charge on any atom is -0.352 e. The van der Waals surface area contributed by atoms with Crippen molar-refractivity contribution >= 4 is 17.7 Å². The van der Waals surface area contributed by atoms with Gasteiger partial charge in [-0.3, -0.25) is 4.99 Å². The van der Waals surface area contributed by atoms with Crippen molar-refractivity contribution in [1.82, 2.24) is 10.2 Å². The zero-order valence-electron chi connectivity index (χ0n) is 13.0. The third kappa shape index (κ3) is 4.10. The van der Waals surface area contributed by atoms with E-state index < -0.39 is 28.8 Å². The molecule has 0 amide bonds. The van der Waals surface area contributed by atoms with Gasteiger partial charge in [-0.05, 0) is 6.42 Å². The van der Waals surface area contributed by atoms with Crippen molar-refractivity contribution in [2.45, 2.75) is 25.1 Å². The minimum absolute atomic E-state index is 0.205. The van der Waals surface area contributed by atoms with E-state index in [1.807, 2.05) is 16.7 Å². The van der Waals surface area contributed by atoms with Gasteiger partial charge in [0.1, 0.15) is 0 Å². The number of thioether (sulfide) groups is 1. The molecular formula is C15H19F4N3S. The Hall–Kier alpha value is -1.44. The highest BCUT2D eigenvalue weighted by molar-refractivity contribution is 8.00. The summed E-state index contributed by atoms with van der Waals surface area (Å²) in [6.45, 7) is 3.24. The van der Waals surface area contributed by atoms with Crippen molar-refractivity contribution in [2.24, 2.45) is 4.99 Å². The fourth-order valence-electron chi connectivity index (χ4n) is 2.44. The number of rotatable bonds is 3. The molecule has 0 radical (unpaired) electrons. The van der Waals surface area contributed by atoms with Crippen LogP contribution in [-0.4, -0.2) is 42.0 Å². The van der Waals surface area contributed by atoms with Gasteiger partial charge >= 0.3 is 0 Å². The molecule has 8 heteroatoms. The van der Waals surface area contributed by atoms with Gasteiger partial charge in [-0.25, -0.2) is 17.6 Å². The van der Waals surface area contributed by atoms with Gasteiger partial charge in [-0.2, -0.15) is 11.8 Å². The van der Waals surface area contributed by atoms with Crippen LogP contribution < -0.4 is 5.32 Å². The highest BCUT2D eigenvalue weighted by Crippen LogP contribution is 2.22. The van der Waals surface area contributed by atoms with Crippen LogP contribution >= 0.6 is 11.8 Å². The molecule has 1 heterocycles. The Morgan fingerprint density at radius 1 is 1.30 bits per heavy atom. The van der Waals surface area contributed by atoms with Gasteiger partial charge < -0.3 is 10.2 Å². The zero-order chi connectivity index (χ0) is 17.0. The molecule has 0 bridgehead atoms. The van der Waals surface area contributed by atoms with Crippen LogP contribution in [-0.2, 0) is 6.54 Å². The summed E-state index contributed by atoms with van der Waals surface area (Å²) in [4.78, 5) is 6.07. The van der Waals surface area contributed by atoms with E-state index in [0.29, 0.717) is 11.2 Å². The summed E-state index contributed by atoms with van der Waals surface area (Å²) in [5, 5.41) is 3.25. The molecular weight excluding hydrogens is 330 g/mol. The molecule has 1 aliphatic heterocycles. The number of halogens is 4. The maximum Gasteiger partial charge on any atom is 0.193 e. The number of hydrogen-bond donors (Lipinski definition) is 1. The monoisotopic (exact) mass is 349 g/mol. The third-order valence-corrected chi connectivity index (χ3v) is 5.10. The number of nitrogens with zero attached hydrogens (tertiary/aromatic N) is 2. The van der Waals surface area contributed by atoms with Crippen molar-refractivity contribution in [3.63, 3.8) is 0 Å². The molecule has 1 aliphatic rings. The van der Waals surface area contributed by atoms with E-state index >= 15 is 0 Å². The van der Waals surface area contributed by atoms with Crippen molar-refractivity contribution in [1.29, 1.82) is 0 Å². The van der Waals surface area contributed by atoms with Crippen molar-refractivity contribution in [3.8, 4) is 0 Å². The molecule has 3 nitrogen and oxygen atoms in total. The van der Waals surface area contributed by atoms with E-state index in [1.165, 1.54) is 0 Å². The second-order valence-corrected chi connectivity index (χ2v) is 6.60. The predicted molar refractivity (Wildman–Crippen MR) is 84.6 cm³/mol. The largest absolute Gasteiger partial charge is 0.352 e. The maximum absolute atomic E-state index is 13.7. The molecule has 0 saturated carbocycles. The SMILES string of the molecule is CCC1CN(C(=NC)NCc2c(F)c(F)cc(F)c2F)CCS1. The Bertz CT molecular complexity index is 568. The minimum atomic E-state index is -1.41. The van der Waals surface area contributed by atoms with Crippen LogP contribution in [0.5, 0.6) is 0 Å². The number of benzene rings is 1. The first kappa shape index (κ1) is 17.9. The van der Waals surface area contributed by atoms with Crippen LogP contribution in [0.15, 0.2) is 11.1 Å². The summed E-state index contributed by atoms with van der Waals surface area (Å²) in [5.74, 6) is -4.18. The first-order valence-electron chi connectivity index (χ1n) is 7.37. The average molecular weight is 349 g/mol. The van der Waals surface area contributed by atoms with Crippen molar-refractivity contribution in [2.75, 3.05) is 25.9 Å². The topological polar surface area (TPSA) is 27.6 Å². The molecule has 128 valence electrons. The summed E-state index contributed by atoms with van der Waals surface area (Å²) in [6, 6.07) is 0.205. The standard InChI is InChI=1S/C15H19F4N3S/c1-3-9-8-22(4-5-23-9)15(20-2)21-7-10-13(18)11(16)6-12(17)14(10)19/h6,9H,3-5,7-8H2,1-2H3,(H,20,21). The Kier molecular flexibility index (Phi) is 6.15. The van der Waals surface area contributed by atoms with Crippen molar-refractivity contribution < 1.29 is 17.6 Å². The Labute approximate surface area is 137 Å². The second kappa shape index (κ2) is 7.90. The first-order valence-corrected chi connectivity index (χ1v) is 8.41. The van der Waals surface area contributed by atoms with Gasteiger partial charge in [0.2, 0.25) is 0 Å². The van der Waals surface area contributed by atoms with Crippen LogP contribution in [0, 0.1) is 23.3 Å². The van der Waals surface area contributed by atoms with E-state index in [0.717, 1.165) is 25.3 Å². The summed E-state index contributed by atoms with van der Waals surface area (Å²) in [6.07, 6.45) is 1.01. The predicted octanol–water partition coefficient (Wildman–Crippen LogP) is 3.15. The maximum atomic E-state index is 13.7. The number of nitrogens with one attached hydrogen (secondary N) is 1. The highest BCUT2D eigenvalue weighted by Gasteiger charge is 2.23. The van der Waals surface area contributed by atoms with Gasteiger partial charge in [0, 0.05) is 49.3 Å². The smallest absolute Gasteiger partial charge is 0.193 e. The molecule has 1 aromatic rings. The van der Waals surface area contributed by atoms with Gasteiger partial charge in [0.05, 0.1) is 0 Å². The molecule has 0 aromatic heterocycles. The lowest BCUT2D eigenvalue weighted by atomic mass is 10.2. The fraction of sp³-hybridized carbons (Fsp3) is 0.533. The summed E-state index contributed by atoms with van der Waals surface area (Å²) >= 11 is 1.87. The molecule has 23 heavy (non-hydrogen) atoms. The molecule has 0 spiro atoms. The van der Waals surface area contributed by atoms with Crippen LogP contribution in [0.1, 0.15) is 18.9 Å². The lowest BCUT2D eigenvalue weighted by molar-refractivity contribution is 0.403. The second-order valence-electron chi connectivity index (χ2n) is 5.19. The fourth-order valence-corrected chi connectivity index (χ4v) is 3.62. The zero-order valence-corrected chi connectivity index (χ0v) is 13.8. The highest BCUT2D eigenvalue weighted by atomic mass is 32.2. The van der Waals surface area contributed by atoms with E-state index in [9.17, 15) is 17.6 Å². The molecule has 0 aliphatic carbocycles. The van der Waals surface area contributed by atoms with Crippen LogP contribution in [0.25, 0.3) is 0 Å². The molecule has 1 N–H and O–H groups in total. The molecule has 1 aromatic carbocycles. The van der Waals surface area contributed by atoms with Gasteiger partial charge in [0.15, 0.2) is 29.2 Å². The molecule has 2 rings (SSSR count). The number of guanidine groups is 1. The Morgan fingerprint density at radius 2 is 1.96 bits per heavy atom. The Morgan fingerprint density at radius 3 is 2.52 bits per heavy atom. The van der Waals surface area contributed by atoms with Gasteiger partial charge in [-0.1, -0.05) is 6.92 Å². The van der Waals surface area contributed by atoms with Gasteiger partial charge in [0.25, 0.3) is 0 Å². The van der Waals surface area contributed by atoms with Crippen LogP contribution in [0.4, 0.5) is 17.6 Å². The van der Waals surface area contributed by atoms with E-state index in [1.54, 1.807) is 7.05 Å². The summed E-state index contributed by atoms with van der Waals surface area (Å²) in [7, 11) is 1.56.